The molecule has 29 heavy (non-hydrogen) atoms. The Morgan fingerprint density at radius 1 is 1.34 bits per heavy atom. The summed E-state index contributed by atoms with van der Waals surface area (Å²) in [6, 6.07) is 4.86. The number of nitrogens with zero attached hydrogens (tertiary/aromatic N) is 3. The molecule has 2 bridgehead atoms. The maximum absolute atomic E-state index is 12.9. The number of carbonyl (C=O) groups excluding carboxylic acids is 1. The van der Waals surface area contributed by atoms with E-state index >= 15 is 0 Å². The van der Waals surface area contributed by atoms with Crippen molar-refractivity contribution in [2.24, 2.45) is 5.92 Å². The van der Waals surface area contributed by atoms with Crippen molar-refractivity contribution in [1.29, 1.82) is 0 Å². The average molecular weight is 433 g/mol. The molecule has 6 nitrogen and oxygen atoms in total. The minimum atomic E-state index is -4.37. The standard InChI is InChI=1S/C19H23F3N4O2.ClH/c1-2-26(11-19(20,21)22)18-24-16-13(4-3-5-15(16)28-18)17(27)23-14-10-25-8-6-12(14)7-9-25;/h3-5,12,14H,2,6-11H2,1H3,(H,23,27);1H. The summed E-state index contributed by atoms with van der Waals surface area (Å²) in [6.45, 7) is 3.52. The fourth-order valence-corrected chi connectivity index (χ4v) is 4.16. The van der Waals surface area contributed by atoms with Gasteiger partial charge in [-0.05, 0) is 50.9 Å². The Hall–Kier alpha value is -2.00. The number of hydrogen-bond donors (Lipinski definition) is 1. The third-order valence-corrected chi connectivity index (χ3v) is 5.65. The number of amides is 1. The Morgan fingerprint density at radius 3 is 2.66 bits per heavy atom. The molecule has 10 heteroatoms. The van der Waals surface area contributed by atoms with Crippen LogP contribution >= 0.6 is 12.4 Å². The van der Waals surface area contributed by atoms with Gasteiger partial charge in [0.05, 0.1) is 5.56 Å². The minimum Gasteiger partial charge on any atom is -0.423 e. The summed E-state index contributed by atoms with van der Waals surface area (Å²) in [5.41, 5.74) is 0.918. The fraction of sp³-hybridized carbons (Fsp3) is 0.579. The van der Waals surface area contributed by atoms with E-state index in [-0.39, 0.29) is 42.4 Å². The average Bonchev–Trinajstić information content (AvgIpc) is 3.10. The van der Waals surface area contributed by atoms with Gasteiger partial charge in [-0.15, -0.1) is 12.4 Å². The number of fused-ring (bicyclic) bond motifs is 4. The Kier molecular flexibility index (Phi) is 6.28. The van der Waals surface area contributed by atoms with E-state index in [0.717, 1.165) is 37.4 Å². The molecule has 1 unspecified atom stereocenters. The first-order chi connectivity index (χ1) is 13.3. The van der Waals surface area contributed by atoms with E-state index in [1.807, 2.05) is 0 Å². The van der Waals surface area contributed by atoms with Crippen molar-refractivity contribution in [1.82, 2.24) is 15.2 Å². The number of piperidine rings is 3. The number of benzene rings is 1. The Balaban J connectivity index is 0.00000240. The van der Waals surface area contributed by atoms with Gasteiger partial charge >= 0.3 is 6.18 Å². The van der Waals surface area contributed by atoms with Gasteiger partial charge in [0.25, 0.3) is 11.9 Å². The molecule has 5 rings (SSSR count). The van der Waals surface area contributed by atoms with Crippen molar-refractivity contribution in [3.8, 4) is 0 Å². The molecule has 3 aliphatic rings. The molecular weight excluding hydrogens is 409 g/mol. The molecule has 160 valence electrons. The molecule has 1 N–H and O–H groups in total. The summed E-state index contributed by atoms with van der Waals surface area (Å²) in [6.07, 6.45) is -2.22. The van der Waals surface area contributed by atoms with Crippen LogP contribution in [0.25, 0.3) is 11.1 Å². The van der Waals surface area contributed by atoms with Gasteiger partial charge in [0.1, 0.15) is 12.1 Å². The van der Waals surface area contributed by atoms with Crippen molar-refractivity contribution in [2.75, 3.05) is 37.6 Å². The summed E-state index contributed by atoms with van der Waals surface area (Å²) < 4.78 is 43.9. The summed E-state index contributed by atoms with van der Waals surface area (Å²) in [5.74, 6) is 0.214. The Morgan fingerprint density at radius 2 is 2.07 bits per heavy atom. The lowest BCUT2D eigenvalue weighted by Crippen LogP contribution is -2.57. The summed E-state index contributed by atoms with van der Waals surface area (Å²) in [4.78, 5) is 20.4. The number of oxazole rings is 1. The molecular formula is C19H24ClF3N4O2. The molecule has 4 heterocycles. The van der Waals surface area contributed by atoms with E-state index in [1.165, 1.54) is 0 Å². The van der Waals surface area contributed by atoms with Crippen LogP contribution in [0.5, 0.6) is 0 Å². The van der Waals surface area contributed by atoms with Crippen LogP contribution in [0.3, 0.4) is 0 Å². The molecule has 1 aromatic heterocycles. The number of rotatable bonds is 5. The highest BCUT2D eigenvalue weighted by atomic mass is 35.5. The molecule has 3 aliphatic heterocycles. The van der Waals surface area contributed by atoms with Gasteiger partial charge < -0.3 is 19.5 Å². The van der Waals surface area contributed by atoms with Gasteiger partial charge in [-0.3, -0.25) is 4.79 Å². The SMILES string of the molecule is CCN(CC(F)(F)F)c1nc2c(C(=O)NC3CN4CCC3CC4)cccc2o1.Cl. The molecule has 1 amide bonds. The first kappa shape index (κ1) is 21.7. The number of alkyl halides is 3. The van der Waals surface area contributed by atoms with Crippen molar-refractivity contribution < 1.29 is 22.4 Å². The first-order valence-corrected chi connectivity index (χ1v) is 9.58. The fourth-order valence-electron chi connectivity index (χ4n) is 4.16. The predicted octanol–water partition coefficient (Wildman–Crippen LogP) is 3.46. The van der Waals surface area contributed by atoms with Gasteiger partial charge in [-0.2, -0.15) is 18.2 Å². The van der Waals surface area contributed by atoms with Crippen LogP contribution in [0, 0.1) is 5.92 Å². The van der Waals surface area contributed by atoms with E-state index in [4.69, 9.17) is 4.42 Å². The van der Waals surface area contributed by atoms with Crippen LogP contribution in [0.1, 0.15) is 30.1 Å². The number of aromatic nitrogens is 1. The molecule has 0 aliphatic carbocycles. The summed E-state index contributed by atoms with van der Waals surface area (Å²) in [5, 5.41) is 3.09. The van der Waals surface area contributed by atoms with E-state index in [0.29, 0.717) is 17.1 Å². The van der Waals surface area contributed by atoms with E-state index in [9.17, 15) is 18.0 Å². The zero-order valence-electron chi connectivity index (χ0n) is 16.0. The molecule has 0 saturated carbocycles. The number of carbonyl (C=O) groups is 1. The molecule has 1 atom stereocenters. The van der Waals surface area contributed by atoms with E-state index < -0.39 is 12.7 Å². The van der Waals surface area contributed by atoms with Crippen LogP contribution in [0.15, 0.2) is 22.6 Å². The second kappa shape index (κ2) is 8.39. The smallest absolute Gasteiger partial charge is 0.406 e. The van der Waals surface area contributed by atoms with Crippen LogP contribution in [-0.2, 0) is 0 Å². The Bertz CT molecular complexity index is 865. The molecule has 3 saturated heterocycles. The van der Waals surface area contributed by atoms with Crippen molar-refractivity contribution in [2.45, 2.75) is 32.0 Å². The highest BCUT2D eigenvalue weighted by molar-refractivity contribution is 6.04. The molecule has 2 aromatic rings. The van der Waals surface area contributed by atoms with Gasteiger partial charge in [-0.25, -0.2) is 0 Å². The highest BCUT2D eigenvalue weighted by Gasteiger charge is 2.36. The second-order valence-electron chi connectivity index (χ2n) is 7.50. The van der Waals surface area contributed by atoms with Crippen molar-refractivity contribution in [3.05, 3.63) is 23.8 Å². The van der Waals surface area contributed by atoms with Crippen LogP contribution in [0.2, 0.25) is 0 Å². The highest BCUT2D eigenvalue weighted by Crippen LogP contribution is 2.29. The molecule has 0 spiro atoms. The van der Waals surface area contributed by atoms with Gasteiger partial charge in [0, 0.05) is 19.1 Å². The zero-order chi connectivity index (χ0) is 19.9. The molecule has 1 aromatic carbocycles. The largest absolute Gasteiger partial charge is 0.423 e. The minimum absolute atomic E-state index is 0. The monoisotopic (exact) mass is 432 g/mol. The maximum Gasteiger partial charge on any atom is 0.406 e. The molecule has 3 fully saturated rings. The number of hydrogen-bond acceptors (Lipinski definition) is 5. The maximum atomic E-state index is 12.9. The van der Waals surface area contributed by atoms with E-state index in [2.05, 4.69) is 15.2 Å². The number of halogens is 4. The van der Waals surface area contributed by atoms with Gasteiger partial charge in [0.2, 0.25) is 0 Å². The van der Waals surface area contributed by atoms with Crippen LogP contribution < -0.4 is 10.2 Å². The van der Waals surface area contributed by atoms with Gasteiger partial charge in [0.15, 0.2) is 5.58 Å². The second-order valence-corrected chi connectivity index (χ2v) is 7.50. The lowest BCUT2D eigenvalue weighted by atomic mass is 9.84. The quantitative estimate of drug-likeness (QED) is 0.784. The van der Waals surface area contributed by atoms with Crippen LogP contribution in [-0.4, -0.2) is 60.7 Å². The van der Waals surface area contributed by atoms with Gasteiger partial charge in [-0.1, -0.05) is 6.07 Å². The van der Waals surface area contributed by atoms with E-state index in [1.54, 1.807) is 25.1 Å². The summed E-state index contributed by atoms with van der Waals surface area (Å²) >= 11 is 0. The van der Waals surface area contributed by atoms with Crippen molar-refractivity contribution in [3.63, 3.8) is 0 Å². The topological polar surface area (TPSA) is 61.6 Å². The zero-order valence-corrected chi connectivity index (χ0v) is 16.9. The third-order valence-electron chi connectivity index (χ3n) is 5.65. The number of nitrogens with one attached hydrogen (secondary N) is 1. The summed E-state index contributed by atoms with van der Waals surface area (Å²) in [7, 11) is 0. The number of anilines is 1. The predicted molar refractivity (Wildman–Crippen MR) is 106 cm³/mol. The third kappa shape index (κ3) is 4.61. The van der Waals surface area contributed by atoms with Crippen LogP contribution in [0.4, 0.5) is 19.2 Å². The lowest BCUT2D eigenvalue weighted by molar-refractivity contribution is -0.120. The van der Waals surface area contributed by atoms with Crippen molar-refractivity contribution >= 4 is 35.4 Å². The molecule has 0 radical (unpaired) electrons. The lowest BCUT2D eigenvalue weighted by Gasteiger charge is -2.44. The number of para-hydroxylation sites is 1. The Labute approximate surface area is 172 Å². The first-order valence-electron chi connectivity index (χ1n) is 9.58. The normalized spacial score (nSPS) is 23.7.